The second kappa shape index (κ2) is 9.87. The Kier molecular flexibility index (Phi) is 6.90. The zero-order valence-electron chi connectivity index (χ0n) is 18.9. The van der Waals surface area contributed by atoms with Gasteiger partial charge in [0.15, 0.2) is 0 Å². The van der Waals surface area contributed by atoms with E-state index in [9.17, 15) is 13.2 Å². The monoisotopic (exact) mass is 481 g/mol. The fourth-order valence-electron chi connectivity index (χ4n) is 4.33. The Morgan fingerprint density at radius 1 is 1.06 bits per heavy atom. The first-order valence-electron chi connectivity index (χ1n) is 11.0. The molecule has 0 amide bonds. The van der Waals surface area contributed by atoms with Crippen molar-refractivity contribution in [1.82, 2.24) is 0 Å². The molecular formula is C26H27NO6S. The van der Waals surface area contributed by atoms with Crippen LogP contribution >= 0.6 is 0 Å². The zero-order chi connectivity index (χ0) is 24.3. The van der Waals surface area contributed by atoms with E-state index in [0.29, 0.717) is 23.5 Å². The van der Waals surface area contributed by atoms with Crippen molar-refractivity contribution in [3.63, 3.8) is 0 Å². The van der Waals surface area contributed by atoms with Crippen LogP contribution in [-0.2, 0) is 27.0 Å². The highest BCUT2D eigenvalue weighted by molar-refractivity contribution is 7.88. The first kappa shape index (κ1) is 23.8. The summed E-state index contributed by atoms with van der Waals surface area (Å²) in [6.45, 7) is 0. The van der Waals surface area contributed by atoms with E-state index in [1.54, 1.807) is 13.2 Å². The van der Waals surface area contributed by atoms with Crippen LogP contribution in [-0.4, -0.2) is 26.6 Å². The standard InChI is InChI=1S/C26H27NO6S/c1-32-22-6-4-7-23-25(22)20-14-11-18(16-34(27,30)31)15-21(20)26(33-23)19-12-9-17(10-13-19)5-2-3-8-24(28)29/h4,6-7,9-15,26H,2-3,5,8,16H2,1H3,(H,28,29)(H2,27,30,31). The minimum Gasteiger partial charge on any atom is -0.496 e. The van der Waals surface area contributed by atoms with Crippen molar-refractivity contribution >= 4 is 16.0 Å². The summed E-state index contributed by atoms with van der Waals surface area (Å²) < 4.78 is 35.4. The van der Waals surface area contributed by atoms with E-state index >= 15 is 0 Å². The maximum absolute atomic E-state index is 11.7. The van der Waals surface area contributed by atoms with Gasteiger partial charge in [-0.25, -0.2) is 13.6 Å². The molecule has 0 aromatic heterocycles. The quantitative estimate of drug-likeness (QED) is 0.437. The molecular weight excluding hydrogens is 454 g/mol. The number of methoxy groups -OCH3 is 1. The van der Waals surface area contributed by atoms with Gasteiger partial charge in [0, 0.05) is 12.0 Å². The number of aliphatic carboxylic acids is 1. The molecule has 1 aliphatic heterocycles. The van der Waals surface area contributed by atoms with Gasteiger partial charge in [0.2, 0.25) is 10.0 Å². The van der Waals surface area contributed by atoms with E-state index in [0.717, 1.165) is 40.7 Å². The number of rotatable bonds is 9. The fourth-order valence-corrected chi connectivity index (χ4v) is 4.97. The van der Waals surface area contributed by atoms with Crippen molar-refractivity contribution < 1.29 is 27.8 Å². The van der Waals surface area contributed by atoms with E-state index < -0.39 is 22.1 Å². The molecule has 3 aromatic rings. The number of carboxylic acids is 1. The Morgan fingerprint density at radius 3 is 2.47 bits per heavy atom. The summed E-state index contributed by atoms with van der Waals surface area (Å²) in [5.41, 5.74) is 5.22. The minimum absolute atomic E-state index is 0.175. The molecule has 0 spiro atoms. The molecule has 3 aromatic carbocycles. The number of unbranched alkanes of at least 4 members (excludes halogenated alkanes) is 1. The van der Waals surface area contributed by atoms with Crippen LogP contribution in [0.2, 0.25) is 0 Å². The molecule has 0 radical (unpaired) electrons. The first-order chi connectivity index (χ1) is 16.2. The molecule has 1 unspecified atom stereocenters. The van der Waals surface area contributed by atoms with E-state index in [4.69, 9.17) is 19.7 Å². The van der Waals surface area contributed by atoms with E-state index in [1.165, 1.54) is 0 Å². The molecule has 34 heavy (non-hydrogen) atoms. The zero-order valence-corrected chi connectivity index (χ0v) is 19.7. The van der Waals surface area contributed by atoms with Gasteiger partial charge in [0.25, 0.3) is 0 Å². The molecule has 1 aliphatic rings. The lowest BCUT2D eigenvalue weighted by atomic mass is 9.87. The summed E-state index contributed by atoms with van der Waals surface area (Å²) in [4.78, 5) is 10.7. The number of aryl methyl sites for hydroxylation is 1. The van der Waals surface area contributed by atoms with Crippen molar-refractivity contribution in [3.8, 4) is 22.6 Å². The summed E-state index contributed by atoms with van der Waals surface area (Å²) >= 11 is 0. The van der Waals surface area contributed by atoms with Crippen molar-refractivity contribution in [3.05, 3.63) is 82.9 Å². The number of ether oxygens (including phenoxy) is 2. The van der Waals surface area contributed by atoms with Gasteiger partial charge in [-0.15, -0.1) is 0 Å². The number of carbonyl (C=O) groups is 1. The molecule has 178 valence electrons. The summed E-state index contributed by atoms with van der Waals surface area (Å²) in [5.74, 6) is 0.324. The van der Waals surface area contributed by atoms with Gasteiger partial charge < -0.3 is 14.6 Å². The van der Waals surface area contributed by atoms with Gasteiger partial charge in [-0.1, -0.05) is 48.5 Å². The van der Waals surface area contributed by atoms with Crippen molar-refractivity contribution in [2.75, 3.05) is 7.11 Å². The van der Waals surface area contributed by atoms with Crippen LogP contribution < -0.4 is 14.6 Å². The number of sulfonamides is 1. The van der Waals surface area contributed by atoms with Gasteiger partial charge >= 0.3 is 5.97 Å². The number of primary sulfonamides is 1. The van der Waals surface area contributed by atoms with Crippen LogP contribution in [0, 0.1) is 0 Å². The molecule has 0 aliphatic carbocycles. The highest BCUT2D eigenvalue weighted by Gasteiger charge is 2.30. The topological polar surface area (TPSA) is 116 Å². The number of nitrogens with two attached hydrogens (primary N) is 1. The van der Waals surface area contributed by atoms with Crippen LogP contribution in [0.25, 0.3) is 11.1 Å². The number of carboxylic acid groups (broad SMARTS) is 1. The average molecular weight is 482 g/mol. The fraction of sp³-hybridized carbons (Fsp3) is 0.269. The summed E-state index contributed by atoms with van der Waals surface area (Å²) in [6.07, 6.45) is 1.99. The maximum Gasteiger partial charge on any atom is 0.303 e. The molecule has 0 fully saturated rings. The SMILES string of the molecule is COc1cccc2c1-c1ccc(CS(N)(=O)=O)cc1C(c1ccc(CCCCC(=O)O)cc1)O2. The van der Waals surface area contributed by atoms with Crippen LogP contribution in [0.4, 0.5) is 0 Å². The third-order valence-corrected chi connectivity index (χ3v) is 6.61. The third-order valence-electron chi connectivity index (χ3n) is 5.88. The molecule has 7 nitrogen and oxygen atoms in total. The number of hydrogen-bond acceptors (Lipinski definition) is 5. The highest BCUT2D eigenvalue weighted by Crippen LogP contribution is 2.49. The summed E-state index contributed by atoms with van der Waals surface area (Å²) in [5, 5.41) is 14.1. The maximum atomic E-state index is 11.7. The molecule has 3 N–H and O–H groups in total. The molecule has 0 saturated heterocycles. The van der Waals surface area contributed by atoms with E-state index in [2.05, 4.69) is 0 Å². The van der Waals surface area contributed by atoms with E-state index in [-0.39, 0.29) is 12.2 Å². The highest BCUT2D eigenvalue weighted by atomic mass is 32.2. The van der Waals surface area contributed by atoms with Crippen LogP contribution in [0.15, 0.2) is 60.7 Å². The Morgan fingerprint density at radius 2 is 1.79 bits per heavy atom. The van der Waals surface area contributed by atoms with Crippen LogP contribution in [0.5, 0.6) is 11.5 Å². The predicted molar refractivity (Wildman–Crippen MR) is 129 cm³/mol. The third kappa shape index (κ3) is 5.40. The molecule has 1 atom stereocenters. The van der Waals surface area contributed by atoms with Gasteiger partial charge in [-0.2, -0.15) is 0 Å². The van der Waals surface area contributed by atoms with E-state index in [1.807, 2.05) is 54.6 Å². The smallest absolute Gasteiger partial charge is 0.303 e. The van der Waals surface area contributed by atoms with Gasteiger partial charge in [0.1, 0.15) is 17.6 Å². The molecule has 1 heterocycles. The Balaban J connectivity index is 1.68. The van der Waals surface area contributed by atoms with Crippen LogP contribution in [0.3, 0.4) is 0 Å². The van der Waals surface area contributed by atoms with Crippen molar-refractivity contribution in [1.29, 1.82) is 0 Å². The lowest BCUT2D eigenvalue weighted by Gasteiger charge is -2.30. The normalized spacial score (nSPS) is 14.6. The second-order valence-electron chi connectivity index (χ2n) is 8.40. The first-order valence-corrected chi connectivity index (χ1v) is 12.7. The van der Waals surface area contributed by atoms with Crippen molar-refractivity contribution in [2.45, 2.75) is 37.5 Å². The Bertz CT molecular complexity index is 1300. The second-order valence-corrected chi connectivity index (χ2v) is 10.0. The van der Waals surface area contributed by atoms with Gasteiger partial charge in [0.05, 0.1) is 18.4 Å². The number of hydrogen-bond donors (Lipinski definition) is 2. The molecule has 0 saturated carbocycles. The Labute approximate surface area is 199 Å². The van der Waals surface area contributed by atoms with Crippen molar-refractivity contribution in [2.24, 2.45) is 5.14 Å². The van der Waals surface area contributed by atoms with Gasteiger partial charge in [-0.05, 0) is 53.6 Å². The Hall–Kier alpha value is -3.36. The lowest BCUT2D eigenvalue weighted by Crippen LogP contribution is -2.18. The molecule has 4 rings (SSSR count). The average Bonchev–Trinajstić information content (AvgIpc) is 2.80. The van der Waals surface area contributed by atoms with Gasteiger partial charge in [-0.3, -0.25) is 4.79 Å². The lowest BCUT2D eigenvalue weighted by molar-refractivity contribution is -0.137. The van der Waals surface area contributed by atoms with Crippen LogP contribution in [0.1, 0.15) is 47.6 Å². The minimum atomic E-state index is -3.68. The molecule has 0 bridgehead atoms. The number of fused-ring (bicyclic) bond motifs is 3. The summed E-state index contributed by atoms with van der Waals surface area (Å²) in [6, 6.07) is 19.2. The molecule has 8 heteroatoms. The largest absolute Gasteiger partial charge is 0.496 e. The predicted octanol–water partition coefficient (Wildman–Crippen LogP) is 4.43. The summed E-state index contributed by atoms with van der Waals surface area (Å²) in [7, 11) is -2.08. The number of benzene rings is 3.